The van der Waals surface area contributed by atoms with Gasteiger partial charge in [-0.05, 0) is 31.6 Å². The molecule has 0 radical (unpaired) electrons. The van der Waals surface area contributed by atoms with Crippen molar-refractivity contribution in [2.45, 2.75) is 31.8 Å². The topological polar surface area (TPSA) is 65.0 Å². The van der Waals surface area contributed by atoms with E-state index >= 15 is 0 Å². The number of rotatable bonds is 8. The lowest BCUT2D eigenvalue weighted by atomic mass is 9.76. The summed E-state index contributed by atoms with van der Waals surface area (Å²) >= 11 is 0. The number of carbonyl (C=O) groups is 1. The molecule has 1 aliphatic carbocycles. The van der Waals surface area contributed by atoms with Gasteiger partial charge in [0.25, 0.3) is 0 Å². The molecule has 0 spiro atoms. The van der Waals surface area contributed by atoms with E-state index in [2.05, 4.69) is 0 Å². The minimum absolute atomic E-state index is 0.110. The first-order valence-corrected chi connectivity index (χ1v) is 6.62. The van der Waals surface area contributed by atoms with Crippen LogP contribution < -0.4 is 0 Å². The summed E-state index contributed by atoms with van der Waals surface area (Å²) in [4.78, 5) is 11.6. The molecule has 0 aromatic heterocycles. The summed E-state index contributed by atoms with van der Waals surface area (Å²) in [5, 5.41) is 9.55. The number of methoxy groups -OCH3 is 1. The molecule has 5 heteroatoms. The van der Waals surface area contributed by atoms with Crippen LogP contribution in [0.1, 0.15) is 25.7 Å². The van der Waals surface area contributed by atoms with Crippen LogP contribution in [0.3, 0.4) is 0 Å². The third-order valence-corrected chi connectivity index (χ3v) is 3.99. The molecule has 1 N–H and O–H groups in total. The number of hydrogen-bond acceptors (Lipinski definition) is 4. The molecule has 1 saturated heterocycles. The van der Waals surface area contributed by atoms with Gasteiger partial charge in [0.2, 0.25) is 0 Å². The van der Waals surface area contributed by atoms with Gasteiger partial charge in [0.05, 0.1) is 24.7 Å². The Balaban J connectivity index is 1.88. The molecule has 1 heterocycles. The Hall–Kier alpha value is -0.650. The van der Waals surface area contributed by atoms with E-state index in [0.717, 1.165) is 12.8 Å². The van der Waals surface area contributed by atoms with Gasteiger partial charge in [-0.3, -0.25) is 4.79 Å². The standard InChI is InChI=1S/C13H22O5/c1-16-8-9-17-6-4-13(12(14)15)5-7-18-11(13)10-2-3-10/h10-11H,2-9H2,1H3,(H,14,15). The van der Waals surface area contributed by atoms with E-state index in [1.165, 1.54) is 0 Å². The second kappa shape index (κ2) is 5.99. The van der Waals surface area contributed by atoms with Crippen LogP contribution in [0.4, 0.5) is 0 Å². The van der Waals surface area contributed by atoms with Crippen molar-refractivity contribution in [2.75, 3.05) is 33.5 Å². The molecule has 2 aliphatic rings. The molecule has 2 unspecified atom stereocenters. The molecule has 18 heavy (non-hydrogen) atoms. The summed E-state index contributed by atoms with van der Waals surface area (Å²) < 4.78 is 16.0. The van der Waals surface area contributed by atoms with Crippen molar-refractivity contribution < 1.29 is 24.1 Å². The van der Waals surface area contributed by atoms with Crippen molar-refractivity contribution >= 4 is 5.97 Å². The maximum atomic E-state index is 11.6. The molecule has 0 amide bonds. The van der Waals surface area contributed by atoms with Gasteiger partial charge in [-0.1, -0.05) is 0 Å². The first-order chi connectivity index (χ1) is 8.70. The van der Waals surface area contributed by atoms with Gasteiger partial charge in [0, 0.05) is 20.3 Å². The van der Waals surface area contributed by atoms with Crippen LogP contribution in [-0.4, -0.2) is 50.7 Å². The third kappa shape index (κ3) is 2.84. The quantitative estimate of drug-likeness (QED) is 0.665. The Morgan fingerprint density at radius 3 is 2.78 bits per heavy atom. The predicted molar refractivity (Wildman–Crippen MR) is 64.5 cm³/mol. The predicted octanol–water partition coefficient (Wildman–Crippen LogP) is 1.31. The van der Waals surface area contributed by atoms with Gasteiger partial charge in [-0.25, -0.2) is 0 Å². The van der Waals surface area contributed by atoms with Crippen LogP contribution in [0.15, 0.2) is 0 Å². The number of carboxylic acid groups (broad SMARTS) is 1. The Kier molecular flexibility index (Phi) is 4.59. The minimum Gasteiger partial charge on any atom is -0.481 e. The second-order valence-electron chi connectivity index (χ2n) is 5.20. The summed E-state index contributed by atoms with van der Waals surface area (Å²) in [6.07, 6.45) is 3.24. The average Bonchev–Trinajstić information content (AvgIpc) is 3.10. The largest absolute Gasteiger partial charge is 0.481 e. The molecule has 2 rings (SSSR count). The van der Waals surface area contributed by atoms with Crippen LogP contribution in [0.25, 0.3) is 0 Å². The van der Waals surface area contributed by atoms with Gasteiger partial charge >= 0.3 is 5.97 Å². The van der Waals surface area contributed by atoms with E-state index in [4.69, 9.17) is 14.2 Å². The van der Waals surface area contributed by atoms with E-state index < -0.39 is 11.4 Å². The Morgan fingerprint density at radius 2 is 2.17 bits per heavy atom. The monoisotopic (exact) mass is 258 g/mol. The van der Waals surface area contributed by atoms with Gasteiger partial charge in [0.1, 0.15) is 0 Å². The third-order valence-electron chi connectivity index (χ3n) is 3.99. The van der Waals surface area contributed by atoms with Gasteiger partial charge < -0.3 is 19.3 Å². The van der Waals surface area contributed by atoms with E-state index in [9.17, 15) is 9.90 Å². The molecule has 2 fully saturated rings. The molecule has 2 atom stereocenters. The Bertz CT molecular complexity index is 289. The number of hydrogen-bond donors (Lipinski definition) is 1. The van der Waals surface area contributed by atoms with Crippen LogP contribution >= 0.6 is 0 Å². The lowest BCUT2D eigenvalue weighted by molar-refractivity contribution is -0.155. The summed E-state index contributed by atoms with van der Waals surface area (Å²) in [5.74, 6) is -0.283. The van der Waals surface area contributed by atoms with Crippen molar-refractivity contribution in [3.05, 3.63) is 0 Å². The minimum atomic E-state index is -0.729. The lowest BCUT2D eigenvalue weighted by Gasteiger charge is -2.29. The molecule has 5 nitrogen and oxygen atoms in total. The smallest absolute Gasteiger partial charge is 0.312 e. The molecule has 104 valence electrons. The highest BCUT2D eigenvalue weighted by Gasteiger charge is 2.55. The fourth-order valence-electron chi connectivity index (χ4n) is 2.76. The molecule has 1 saturated carbocycles. The molecule has 0 bridgehead atoms. The van der Waals surface area contributed by atoms with Crippen molar-refractivity contribution in [1.82, 2.24) is 0 Å². The molecule has 0 aromatic rings. The van der Waals surface area contributed by atoms with Gasteiger partial charge in [-0.2, -0.15) is 0 Å². The average molecular weight is 258 g/mol. The second-order valence-corrected chi connectivity index (χ2v) is 5.20. The summed E-state index contributed by atoms with van der Waals surface area (Å²) in [6.45, 7) is 2.08. The van der Waals surface area contributed by atoms with Crippen molar-refractivity contribution in [1.29, 1.82) is 0 Å². The zero-order valence-electron chi connectivity index (χ0n) is 10.9. The fourth-order valence-corrected chi connectivity index (χ4v) is 2.76. The van der Waals surface area contributed by atoms with E-state index in [1.807, 2.05) is 0 Å². The van der Waals surface area contributed by atoms with Crippen molar-refractivity contribution in [2.24, 2.45) is 11.3 Å². The zero-order chi connectivity index (χ0) is 13.0. The Labute approximate surface area is 107 Å². The first-order valence-electron chi connectivity index (χ1n) is 6.62. The maximum absolute atomic E-state index is 11.6. The van der Waals surface area contributed by atoms with Crippen LogP contribution in [0.2, 0.25) is 0 Å². The van der Waals surface area contributed by atoms with Crippen LogP contribution in [0, 0.1) is 11.3 Å². The van der Waals surface area contributed by atoms with Crippen LogP contribution in [0.5, 0.6) is 0 Å². The van der Waals surface area contributed by atoms with Crippen LogP contribution in [-0.2, 0) is 19.0 Å². The van der Waals surface area contributed by atoms with E-state index in [0.29, 0.717) is 45.2 Å². The Morgan fingerprint density at radius 1 is 1.39 bits per heavy atom. The molecular weight excluding hydrogens is 236 g/mol. The van der Waals surface area contributed by atoms with Crippen molar-refractivity contribution in [3.63, 3.8) is 0 Å². The van der Waals surface area contributed by atoms with Crippen molar-refractivity contribution in [3.8, 4) is 0 Å². The number of aliphatic carboxylic acids is 1. The van der Waals surface area contributed by atoms with Gasteiger partial charge in [0.15, 0.2) is 0 Å². The lowest BCUT2D eigenvalue weighted by Crippen LogP contribution is -2.41. The zero-order valence-corrected chi connectivity index (χ0v) is 10.9. The normalized spacial score (nSPS) is 31.7. The maximum Gasteiger partial charge on any atom is 0.312 e. The highest BCUT2D eigenvalue weighted by molar-refractivity contribution is 5.76. The van der Waals surface area contributed by atoms with E-state index in [1.54, 1.807) is 7.11 Å². The summed E-state index contributed by atoms with van der Waals surface area (Å²) in [7, 11) is 1.62. The number of carboxylic acids is 1. The fraction of sp³-hybridized carbons (Fsp3) is 0.923. The highest BCUT2D eigenvalue weighted by atomic mass is 16.5. The molecular formula is C13H22O5. The summed E-state index contributed by atoms with van der Waals surface area (Å²) in [5.41, 5.74) is -0.728. The highest BCUT2D eigenvalue weighted by Crippen LogP contribution is 2.49. The first kappa shape index (κ1) is 13.8. The number of ether oxygens (including phenoxy) is 3. The van der Waals surface area contributed by atoms with Gasteiger partial charge in [-0.15, -0.1) is 0 Å². The molecule has 1 aliphatic heterocycles. The summed E-state index contributed by atoms with van der Waals surface area (Å²) in [6, 6.07) is 0. The van der Waals surface area contributed by atoms with E-state index in [-0.39, 0.29) is 6.10 Å². The SMILES string of the molecule is COCCOCCC1(C(=O)O)CCOC1C1CC1. The molecule has 0 aromatic carbocycles.